The zero-order valence-corrected chi connectivity index (χ0v) is 9.97. The van der Waals surface area contributed by atoms with Crippen molar-refractivity contribution in [3.05, 3.63) is 29.8 Å². The van der Waals surface area contributed by atoms with Gasteiger partial charge in [-0.3, -0.25) is 4.79 Å². The molecule has 0 bridgehead atoms. The predicted molar refractivity (Wildman–Crippen MR) is 63.7 cm³/mol. The number of carbonyl (C=O) groups excluding carboxylic acids is 2. The fraction of sp³-hybridized carbons (Fsp3) is 0.385. The molecule has 0 saturated heterocycles. The highest BCUT2D eigenvalue weighted by molar-refractivity contribution is 5.72. The fourth-order valence-corrected chi connectivity index (χ4v) is 1.54. The molecule has 0 aliphatic heterocycles. The van der Waals surface area contributed by atoms with Gasteiger partial charge in [-0.05, 0) is 25.0 Å². The molecule has 1 unspecified atom stereocenters. The molecule has 0 aromatic heterocycles. The van der Waals surface area contributed by atoms with E-state index in [4.69, 9.17) is 4.74 Å². The van der Waals surface area contributed by atoms with E-state index in [9.17, 15) is 9.59 Å². The molecular weight excluding hydrogens is 218 g/mol. The highest BCUT2D eigenvalue weighted by Crippen LogP contribution is 2.21. The van der Waals surface area contributed by atoms with Crippen molar-refractivity contribution in [1.82, 2.24) is 0 Å². The number of benzene rings is 1. The van der Waals surface area contributed by atoms with Gasteiger partial charge in [0.2, 0.25) is 6.08 Å². The lowest BCUT2D eigenvalue weighted by Gasteiger charge is -2.11. The lowest BCUT2D eigenvalue weighted by Crippen LogP contribution is -2.16. The third-order valence-electron chi connectivity index (χ3n) is 2.37. The standard InChI is InChI=1S/C13H15NO3/c1-3-17-13(16)10(2)8-11-6-4-5-7-12(11)14-9-15/h4-7,10H,3,8H2,1-2H3. The summed E-state index contributed by atoms with van der Waals surface area (Å²) in [5.41, 5.74) is 1.40. The quantitative estimate of drug-likeness (QED) is 0.446. The zero-order valence-electron chi connectivity index (χ0n) is 9.97. The van der Waals surface area contributed by atoms with Gasteiger partial charge in [-0.25, -0.2) is 4.79 Å². The van der Waals surface area contributed by atoms with Gasteiger partial charge in [0.25, 0.3) is 0 Å². The number of rotatable bonds is 5. The molecule has 0 radical (unpaired) electrons. The molecule has 0 fully saturated rings. The Balaban J connectivity index is 2.80. The minimum Gasteiger partial charge on any atom is -0.466 e. The zero-order chi connectivity index (χ0) is 12.7. The molecule has 1 rings (SSSR count). The van der Waals surface area contributed by atoms with Crippen LogP contribution in [0.5, 0.6) is 0 Å². The molecule has 1 atom stereocenters. The van der Waals surface area contributed by atoms with Crippen molar-refractivity contribution in [3.8, 4) is 0 Å². The van der Waals surface area contributed by atoms with Crippen molar-refractivity contribution >= 4 is 17.7 Å². The topological polar surface area (TPSA) is 55.7 Å². The van der Waals surface area contributed by atoms with E-state index >= 15 is 0 Å². The number of carbonyl (C=O) groups is 1. The molecule has 0 amide bonds. The number of aliphatic imine (C=N–C) groups is 1. The van der Waals surface area contributed by atoms with Gasteiger partial charge in [0.1, 0.15) is 0 Å². The van der Waals surface area contributed by atoms with Crippen LogP contribution in [0, 0.1) is 5.92 Å². The number of ether oxygens (including phenoxy) is 1. The molecule has 90 valence electrons. The van der Waals surface area contributed by atoms with Crippen LogP contribution in [0.3, 0.4) is 0 Å². The molecular formula is C13H15NO3. The van der Waals surface area contributed by atoms with Gasteiger partial charge in [-0.1, -0.05) is 25.1 Å². The van der Waals surface area contributed by atoms with E-state index in [0.29, 0.717) is 18.7 Å². The first-order valence-electron chi connectivity index (χ1n) is 5.51. The van der Waals surface area contributed by atoms with Crippen LogP contribution in [0.25, 0.3) is 0 Å². The molecule has 1 aromatic carbocycles. The predicted octanol–water partition coefficient (Wildman–Crippen LogP) is 2.40. The normalized spacial score (nSPS) is 11.4. The first kappa shape index (κ1) is 13.1. The van der Waals surface area contributed by atoms with Crippen LogP contribution in [0.15, 0.2) is 29.3 Å². The van der Waals surface area contributed by atoms with Gasteiger partial charge in [0.15, 0.2) is 0 Å². The minimum atomic E-state index is -0.252. The van der Waals surface area contributed by atoms with Gasteiger partial charge in [-0.15, -0.1) is 0 Å². The summed E-state index contributed by atoms with van der Waals surface area (Å²) in [5.74, 6) is -0.490. The summed E-state index contributed by atoms with van der Waals surface area (Å²) in [7, 11) is 0. The average Bonchev–Trinajstić information content (AvgIpc) is 2.32. The molecule has 17 heavy (non-hydrogen) atoms. The lowest BCUT2D eigenvalue weighted by atomic mass is 10.00. The molecule has 0 heterocycles. The van der Waals surface area contributed by atoms with E-state index in [1.807, 2.05) is 12.1 Å². The van der Waals surface area contributed by atoms with Gasteiger partial charge in [0.05, 0.1) is 18.2 Å². The largest absolute Gasteiger partial charge is 0.466 e. The van der Waals surface area contributed by atoms with Gasteiger partial charge in [-0.2, -0.15) is 4.99 Å². The number of hydrogen-bond donors (Lipinski definition) is 0. The molecule has 0 spiro atoms. The summed E-state index contributed by atoms with van der Waals surface area (Å²) in [4.78, 5) is 25.4. The van der Waals surface area contributed by atoms with Crippen molar-refractivity contribution in [3.63, 3.8) is 0 Å². The van der Waals surface area contributed by atoms with Crippen LogP contribution in [0.1, 0.15) is 19.4 Å². The lowest BCUT2D eigenvalue weighted by molar-refractivity contribution is -0.147. The number of esters is 1. The summed E-state index contributed by atoms with van der Waals surface area (Å²) in [6.07, 6.45) is 2.01. The van der Waals surface area contributed by atoms with Crippen LogP contribution in [0.4, 0.5) is 5.69 Å². The third-order valence-corrected chi connectivity index (χ3v) is 2.37. The molecule has 1 aromatic rings. The molecule has 0 N–H and O–H groups in total. The number of para-hydroxylation sites is 1. The van der Waals surface area contributed by atoms with Crippen LogP contribution in [0.2, 0.25) is 0 Å². The molecule has 4 heteroatoms. The second-order valence-electron chi connectivity index (χ2n) is 3.69. The van der Waals surface area contributed by atoms with Gasteiger partial charge >= 0.3 is 5.97 Å². The minimum absolute atomic E-state index is 0.239. The highest BCUT2D eigenvalue weighted by Gasteiger charge is 2.15. The first-order valence-corrected chi connectivity index (χ1v) is 5.51. The van der Waals surface area contributed by atoms with Crippen LogP contribution in [-0.2, 0) is 20.7 Å². The van der Waals surface area contributed by atoms with Crippen molar-refractivity contribution in [2.45, 2.75) is 20.3 Å². The SMILES string of the molecule is CCOC(=O)C(C)Cc1ccccc1N=C=O. The first-order chi connectivity index (χ1) is 8.19. The Bertz CT molecular complexity index is 436. The highest BCUT2D eigenvalue weighted by atomic mass is 16.5. The van der Waals surface area contributed by atoms with Crippen molar-refractivity contribution in [2.75, 3.05) is 6.61 Å². The molecule has 4 nitrogen and oxygen atoms in total. The summed E-state index contributed by atoms with van der Waals surface area (Å²) < 4.78 is 4.93. The van der Waals surface area contributed by atoms with Crippen molar-refractivity contribution < 1.29 is 14.3 Å². The maximum absolute atomic E-state index is 11.5. The van der Waals surface area contributed by atoms with E-state index in [1.165, 1.54) is 6.08 Å². The Morgan fingerprint density at radius 1 is 1.47 bits per heavy atom. The second-order valence-corrected chi connectivity index (χ2v) is 3.69. The molecule has 0 aliphatic carbocycles. The van der Waals surface area contributed by atoms with Crippen LogP contribution in [-0.4, -0.2) is 18.7 Å². The number of nitrogens with zero attached hydrogens (tertiary/aromatic N) is 1. The summed E-state index contributed by atoms with van der Waals surface area (Å²) in [5, 5.41) is 0. The smallest absolute Gasteiger partial charge is 0.308 e. The Morgan fingerprint density at radius 2 is 2.18 bits per heavy atom. The number of hydrogen-bond acceptors (Lipinski definition) is 4. The fourth-order valence-electron chi connectivity index (χ4n) is 1.54. The van der Waals surface area contributed by atoms with Crippen molar-refractivity contribution in [2.24, 2.45) is 10.9 Å². The van der Waals surface area contributed by atoms with Crippen LogP contribution >= 0.6 is 0 Å². The maximum atomic E-state index is 11.5. The van der Waals surface area contributed by atoms with E-state index in [1.54, 1.807) is 26.0 Å². The van der Waals surface area contributed by atoms with Gasteiger partial charge in [0, 0.05) is 0 Å². The van der Waals surface area contributed by atoms with Crippen LogP contribution < -0.4 is 0 Å². The van der Waals surface area contributed by atoms with E-state index in [0.717, 1.165) is 5.56 Å². The van der Waals surface area contributed by atoms with E-state index < -0.39 is 0 Å². The maximum Gasteiger partial charge on any atom is 0.308 e. The Kier molecular flexibility index (Phi) is 5.11. The summed E-state index contributed by atoms with van der Waals surface area (Å²) in [6, 6.07) is 7.19. The second kappa shape index (κ2) is 6.61. The average molecular weight is 233 g/mol. The van der Waals surface area contributed by atoms with Gasteiger partial charge < -0.3 is 4.74 Å². The summed E-state index contributed by atoms with van der Waals surface area (Å²) >= 11 is 0. The molecule has 0 aliphatic rings. The monoisotopic (exact) mass is 233 g/mol. The molecule has 0 saturated carbocycles. The van der Waals surface area contributed by atoms with E-state index in [-0.39, 0.29) is 11.9 Å². The van der Waals surface area contributed by atoms with E-state index in [2.05, 4.69) is 4.99 Å². The third kappa shape index (κ3) is 3.85. The number of isocyanates is 1. The Labute approximate surface area is 100 Å². The Morgan fingerprint density at radius 3 is 2.82 bits per heavy atom. The van der Waals surface area contributed by atoms with Crippen molar-refractivity contribution in [1.29, 1.82) is 0 Å². The Hall–Kier alpha value is -1.93. The summed E-state index contributed by atoms with van der Waals surface area (Å²) in [6.45, 7) is 3.94.